The third-order valence-corrected chi connectivity index (χ3v) is 7.74. The van der Waals surface area contributed by atoms with E-state index < -0.39 is 48.7 Å². The number of rotatable bonds is 7. The van der Waals surface area contributed by atoms with E-state index in [4.69, 9.17) is 6.42 Å². The van der Waals surface area contributed by atoms with E-state index in [2.05, 4.69) is 21.1 Å². The van der Waals surface area contributed by atoms with Crippen LogP contribution in [0.1, 0.15) is 48.2 Å². The Bertz CT molecular complexity index is 1370. The molecule has 1 saturated heterocycles. The van der Waals surface area contributed by atoms with Crippen LogP contribution in [0.3, 0.4) is 0 Å². The number of halogens is 6. The molecule has 3 aromatic rings. The second-order valence-electron chi connectivity index (χ2n) is 10.5. The molecule has 1 fully saturated rings. The van der Waals surface area contributed by atoms with Crippen LogP contribution < -0.4 is 5.32 Å². The number of fused-ring (bicyclic) bond motifs is 3. The van der Waals surface area contributed by atoms with Crippen molar-refractivity contribution in [3.05, 3.63) is 64.4 Å². The first-order valence-corrected chi connectivity index (χ1v) is 13.1. The number of anilines is 1. The zero-order valence-corrected chi connectivity index (χ0v) is 21.5. The van der Waals surface area contributed by atoms with Crippen LogP contribution in [0.15, 0.2) is 30.3 Å². The average molecular weight is 549 g/mol. The summed E-state index contributed by atoms with van der Waals surface area (Å²) in [5, 5.41) is 3.87. The van der Waals surface area contributed by atoms with Crippen molar-refractivity contribution in [2.75, 3.05) is 38.2 Å². The van der Waals surface area contributed by atoms with Crippen molar-refractivity contribution in [1.29, 1.82) is 0 Å². The molecule has 39 heavy (non-hydrogen) atoms. The summed E-state index contributed by atoms with van der Waals surface area (Å²) >= 11 is 0. The first-order valence-electron chi connectivity index (χ1n) is 13.1. The summed E-state index contributed by atoms with van der Waals surface area (Å²) in [7, 11) is 0. The topological polar surface area (TPSA) is 34.3 Å². The normalized spacial score (nSPS) is 22.3. The maximum Gasteiger partial charge on any atom is 0.401 e. The predicted octanol–water partition coefficient (Wildman–Crippen LogP) is 6.17. The molecule has 0 aliphatic carbocycles. The first-order chi connectivity index (χ1) is 18.6. The third kappa shape index (κ3) is 5.61. The molecule has 2 N–H and O–H groups in total. The van der Waals surface area contributed by atoms with E-state index >= 15 is 8.78 Å². The number of likely N-dealkylation sites (tertiary alicyclic amines) is 1. The number of aromatic amines is 1. The largest absolute Gasteiger partial charge is 0.401 e. The van der Waals surface area contributed by atoms with Gasteiger partial charge in [-0.3, -0.25) is 9.29 Å². The fourth-order valence-corrected chi connectivity index (χ4v) is 6.01. The van der Waals surface area contributed by atoms with Gasteiger partial charge in [0.2, 0.25) is 0 Å². The van der Waals surface area contributed by atoms with Gasteiger partial charge in [-0.15, -0.1) is 6.42 Å². The lowest BCUT2D eigenvalue weighted by Gasteiger charge is -2.41. The van der Waals surface area contributed by atoms with Crippen molar-refractivity contribution in [3.8, 4) is 12.3 Å². The molecule has 0 bridgehead atoms. The summed E-state index contributed by atoms with van der Waals surface area (Å²) in [5.41, 5.74) is 2.07. The Hall–Kier alpha value is -3.16. The monoisotopic (exact) mass is 548 g/mol. The van der Waals surface area contributed by atoms with Crippen LogP contribution in [-0.4, -0.2) is 65.9 Å². The summed E-state index contributed by atoms with van der Waals surface area (Å²) in [6, 6.07) is 5.46. The molecule has 2 aliphatic heterocycles. The molecule has 3 heterocycles. The predicted molar refractivity (Wildman–Crippen MR) is 139 cm³/mol. The minimum atomic E-state index is -4.57. The molecule has 2 aliphatic rings. The van der Waals surface area contributed by atoms with Crippen LogP contribution in [0, 0.1) is 24.0 Å². The van der Waals surface area contributed by atoms with Gasteiger partial charge in [0.05, 0.1) is 19.3 Å². The lowest BCUT2D eigenvalue weighted by atomic mass is 9.87. The molecule has 0 amide bonds. The van der Waals surface area contributed by atoms with E-state index in [-0.39, 0.29) is 18.2 Å². The Morgan fingerprint density at radius 3 is 2.56 bits per heavy atom. The molecule has 0 unspecified atom stereocenters. The number of nitrogens with zero attached hydrogens (tertiary/aromatic N) is 2. The molecule has 2 aromatic carbocycles. The second kappa shape index (κ2) is 10.8. The van der Waals surface area contributed by atoms with Gasteiger partial charge >= 0.3 is 6.18 Å². The number of hydrogen-bond donors (Lipinski definition) is 2. The van der Waals surface area contributed by atoms with Gasteiger partial charge in [0, 0.05) is 65.1 Å². The maximum absolute atomic E-state index is 15.7. The van der Waals surface area contributed by atoms with Crippen molar-refractivity contribution in [3.63, 3.8) is 0 Å². The van der Waals surface area contributed by atoms with Gasteiger partial charge < -0.3 is 15.2 Å². The van der Waals surface area contributed by atoms with Crippen molar-refractivity contribution >= 4 is 16.6 Å². The first kappa shape index (κ1) is 27.4. The number of benzene rings is 2. The van der Waals surface area contributed by atoms with E-state index in [0.717, 1.165) is 35.4 Å². The summed E-state index contributed by atoms with van der Waals surface area (Å²) in [5.74, 6) is 0.705. The number of terminal acetylenes is 1. The van der Waals surface area contributed by atoms with Gasteiger partial charge in [-0.2, -0.15) is 13.2 Å². The minimum Gasteiger partial charge on any atom is -0.381 e. The number of alkyl halides is 4. The van der Waals surface area contributed by atoms with Crippen molar-refractivity contribution in [1.82, 2.24) is 14.8 Å². The van der Waals surface area contributed by atoms with Crippen molar-refractivity contribution in [2.24, 2.45) is 0 Å². The molecule has 4 nitrogen and oxygen atoms in total. The average Bonchev–Trinajstić information content (AvgIpc) is 3.46. The van der Waals surface area contributed by atoms with Crippen LogP contribution in [0.25, 0.3) is 10.9 Å². The molecule has 0 saturated carbocycles. The zero-order chi connectivity index (χ0) is 27.9. The highest BCUT2D eigenvalue weighted by atomic mass is 19.4. The SMILES string of the molecule is C#Cc1ccc2[nH]c3c(c2c1)C[C@@H](C)N(CC(F)(F)F)[C@@H]3c1c(F)cc(N[C@H]2CCN(CCCF)C2)cc1F. The Morgan fingerprint density at radius 1 is 1.15 bits per heavy atom. The molecule has 208 valence electrons. The Kier molecular flexibility index (Phi) is 7.57. The summed E-state index contributed by atoms with van der Waals surface area (Å²) < 4.78 is 85.0. The molecule has 5 rings (SSSR count). The summed E-state index contributed by atoms with van der Waals surface area (Å²) in [6.07, 6.45) is 2.40. The van der Waals surface area contributed by atoms with Gasteiger partial charge in [0.15, 0.2) is 0 Å². The van der Waals surface area contributed by atoms with Crippen LogP contribution in [0.2, 0.25) is 0 Å². The third-order valence-electron chi connectivity index (χ3n) is 7.74. The standard InChI is InChI=1S/C29H30F6N4/c1-3-18-5-6-25-21(12-18)22-11-17(2)39(16-29(33,34)35)28(27(22)37-25)26-23(31)13-20(14-24(26)32)36-19-7-10-38(15-19)9-4-8-30/h1,5-6,12-14,17,19,28,36-37H,4,7-11,15-16H2,2H3/t17-,19+,28-/m1/s1. The quantitative estimate of drug-likeness (QED) is 0.274. The van der Waals surface area contributed by atoms with E-state index in [0.29, 0.717) is 41.8 Å². The van der Waals surface area contributed by atoms with Gasteiger partial charge in [-0.05, 0) is 62.1 Å². The van der Waals surface area contributed by atoms with E-state index in [1.165, 1.54) is 0 Å². The molecule has 3 atom stereocenters. The molecule has 10 heteroatoms. The fraction of sp³-hybridized carbons (Fsp3) is 0.448. The van der Waals surface area contributed by atoms with Crippen LogP contribution in [0.5, 0.6) is 0 Å². The van der Waals surface area contributed by atoms with Gasteiger partial charge in [0.1, 0.15) is 11.6 Å². The summed E-state index contributed by atoms with van der Waals surface area (Å²) in [4.78, 5) is 6.33. The Labute approximate surface area is 223 Å². The van der Waals surface area contributed by atoms with Gasteiger partial charge in [-0.25, -0.2) is 8.78 Å². The lowest BCUT2D eigenvalue weighted by Crippen LogP contribution is -2.47. The fourth-order valence-electron chi connectivity index (χ4n) is 6.01. The van der Waals surface area contributed by atoms with E-state index in [9.17, 15) is 17.6 Å². The number of aromatic nitrogens is 1. The van der Waals surface area contributed by atoms with E-state index in [1.54, 1.807) is 25.1 Å². The number of hydrogen-bond acceptors (Lipinski definition) is 3. The molecule has 0 spiro atoms. The molecular formula is C29H30F6N4. The highest BCUT2D eigenvalue weighted by molar-refractivity contribution is 5.87. The molecular weight excluding hydrogens is 518 g/mol. The van der Waals surface area contributed by atoms with Gasteiger partial charge in [-0.1, -0.05) is 5.92 Å². The Morgan fingerprint density at radius 2 is 1.90 bits per heavy atom. The number of H-pyrrole nitrogens is 1. The smallest absolute Gasteiger partial charge is 0.381 e. The van der Waals surface area contributed by atoms with Crippen LogP contribution >= 0.6 is 0 Å². The molecule has 0 radical (unpaired) electrons. The summed E-state index contributed by atoms with van der Waals surface area (Å²) in [6.45, 7) is 1.88. The maximum atomic E-state index is 15.7. The lowest BCUT2D eigenvalue weighted by molar-refractivity contribution is -0.155. The highest BCUT2D eigenvalue weighted by Crippen LogP contribution is 2.44. The Balaban J connectivity index is 1.53. The van der Waals surface area contributed by atoms with Crippen molar-refractivity contribution in [2.45, 2.75) is 50.5 Å². The second-order valence-corrected chi connectivity index (χ2v) is 10.5. The van der Waals surface area contributed by atoms with Crippen molar-refractivity contribution < 1.29 is 26.3 Å². The highest BCUT2D eigenvalue weighted by Gasteiger charge is 2.44. The minimum absolute atomic E-state index is 0.0728. The number of nitrogens with one attached hydrogen (secondary N) is 2. The van der Waals surface area contributed by atoms with Crippen LogP contribution in [-0.2, 0) is 6.42 Å². The van der Waals surface area contributed by atoms with Gasteiger partial charge in [0.25, 0.3) is 0 Å². The zero-order valence-electron chi connectivity index (χ0n) is 21.5. The molecule has 1 aromatic heterocycles. The van der Waals surface area contributed by atoms with Crippen LogP contribution in [0.4, 0.5) is 32.0 Å². The van der Waals surface area contributed by atoms with E-state index in [1.807, 2.05) is 0 Å².